The van der Waals surface area contributed by atoms with Crippen LogP contribution in [-0.2, 0) is 16.0 Å². The van der Waals surface area contributed by atoms with Crippen LogP contribution in [0.1, 0.15) is 44.7 Å². The SMILES string of the molecule is COc1ccc(C)c2c1N(C(=O)C(C)OCCC(C)C)CCC2. The Labute approximate surface area is 139 Å². The molecule has 23 heavy (non-hydrogen) atoms. The zero-order valence-electron chi connectivity index (χ0n) is 15.0. The summed E-state index contributed by atoms with van der Waals surface area (Å²) in [5.74, 6) is 1.38. The van der Waals surface area contributed by atoms with Crippen molar-refractivity contribution < 1.29 is 14.3 Å². The van der Waals surface area contributed by atoms with Crippen LogP contribution in [-0.4, -0.2) is 32.3 Å². The molecule has 128 valence electrons. The van der Waals surface area contributed by atoms with E-state index < -0.39 is 6.10 Å². The number of rotatable bonds is 6. The van der Waals surface area contributed by atoms with E-state index in [1.165, 1.54) is 11.1 Å². The highest BCUT2D eigenvalue weighted by atomic mass is 16.5. The van der Waals surface area contributed by atoms with E-state index in [4.69, 9.17) is 9.47 Å². The van der Waals surface area contributed by atoms with Gasteiger partial charge in [-0.1, -0.05) is 19.9 Å². The Bertz CT molecular complexity index is 554. The maximum Gasteiger partial charge on any atom is 0.255 e. The van der Waals surface area contributed by atoms with Gasteiger partial charge in [-0.15, -0.1) is 0 Å². The Balaban J connectivity index is 2.19. The molecule has 0 fully saturated rings. The van der Waals surface area contributed by atoms with E-state index in [9.17, 15) is 4.79 Å². The molecule has 1 aliphatic rings. The first-order valence-electron chi connectivity index (χ1n) is 8.55. The van der Waals surface area contributed by atoms with Crippen LogP contribution in [0.15, 0.2) is 12.1 Å². The van der Waals surface area contributed by atoms with Gasteiger partial charge in [-0.3, -0.25) is 4.79 Å². The van der Waals surface area contributed by atoms with Gasteiger partial charge in [0.05, 0.1) is 12.8 Å². The number of methoxy groups -OCH3 is 1. The molecule has 1 aromatic carbocycles. The summed E-state index contributed by atoms with van der Waals surface area (Å²) in [6.45, 7) is 9.60. The Hall–Kier alpha value is -1.55. The molecule has 2 rings (SSSR count). The maximum absolute atomic E-state index is 12.9. The third-order valence-corrected chi connectivity index (χ3v) is 4.46. The number of ether oxygens (including phenoxy) is 2. The third kappa shape index (κ3) is 4.05. The van der Waals surface area contributed by atoms with Crippen molar-refractivity contribution in [1.29, 1.82) is 0 Å². The molecule has 4 nitrogen and oxygen atoms in total. The molecule has 0 saturated carbocycles. The molecule has 0 radical (unpaired) electrons. The number of carbonyl (C=O) groups is 1. The molecule has 1 atom stereocenters. The third-order valence-electron chi connectivity index (χ3n) is 4.46. The summed E-state index contributed by atoms with van der Waals surface area (Å²) in [6, 6.07) is 4.01. The highest BCUT2D eigenvalue weighted by Crippen LogP contribution is 2.38. The van der Waals surface area contributed by atoms with E-state index in [1.54, 1.807) is 7.11 Å². The molecule has 1 aliphatic heterocycles. The smallest absolute Gasteiger partial charge is 0.255 e. The molecule has 0 N–H and O–H groups in total. The van der Waals surface area contributed by atoms with Crippen molar-refractivity contribution in [2.75, 3.05) is 25.2 Å². The minimum atomic E-state index is -0.426. The van der Waals surface area contributed by atoms with Crippen molar-refractivity contribution in [2.24, 2.45) is 5.92 Å². The van der Waals surface area contributed by atoms with Crippen molar-refractivity contribution in [3.05, 3.63) is 23.3 Å². The average Bonchev–Trinajstić information content (AvgIpc) is 2.54. The molecule has 1 unspecified atom stereocenters. The van der Waals surface area contributed by atoms with Crippen LogP contribution in [0.4, 0.5) is 5.69 Å². The van der Waals surface area contributed by atoms with Gasteiger partial charge in [-0.2, -0.15) is 0 Å². The molecule has 0 bridgehead atoms. The van der Waals surface area contributed by atoms with Gasteiger partial charge in [-0.05, 0) is 56.2 Å². The molecule has 4 heteroatoms. The Morgan fingerprint density at radius 1 is 1.30 bits per heavy atom. The first kappa shape index (κ1) is 17.8. The molecular weight excluding hydrogens is 290 g/mol. The first-order valence-corrected chi connectivity index (χ1v) is 8.55. The number of carbonyl (C=O) groups excluding carboxylic acids is 1. The molecule has 1 heterocycles. The quantitative estimate of drug-likeness (QED) is 0.802. The van der Waals surface area contributed by atoms with Crippen molar-refractivity contribution in [3.8, 4) is 5.75 Å². The second kappa shape index (κ2) is 7.82. The van der Waals surface area contributed by atoms with Crippen LogP contribution < -0.4 is 9.64 Å². The van der Waals surface area contributed by atoms with E-state index in [2.05, 4.69) is 26.8 Å². The van der Waals surface area contributed by atoms with E-state index in [1.807, 2.05) is 17.9 Å². The van der Waals surface area contributed by atoms with Gasteiger partial charge < -0.3 is 14.4 Å². The normalized spacial score (nSPS) is 15.5. The van der Waals surface area contributed by atoms with Gasteiger partial charge in [0.15, 0.2) is 0 Å². The predicted molar refractivity (Wildman–Crippen MR) is 93.3 cm³/mol. The number of amides is 1. The number of hydrogen-bond donors (Lipinski definition) is 0. The lowest BCUT2D eigenvalue weighted by Gasteiger charge is -2.33. The highest BCUT2D eigenvalue weighted by molar-refractivity contribution is 5.99. The first-order chi connectivity index (χ1) is 11.0. The van der Waals surface area contributed by atoms with Crippen molar-refractivity contribution >= 4 is 11.6 Å². The van der Waals surface area contributed by atoms with Crippen molar-refractivity contribution in [3.63, 3.8) is 0 Å². The fourth-order valence-electron chi connectivity index (χ4n) is 3.01. The Kier molecular flexibility index (Phi) is 6.05. The second-order valence-corrected chi connectivity index (χ2v) is 6.70. The van der Waals surface area contributed by atoms with Crippen molar-refractivity contribution in [1.82, 2.24) is 0 Å². The van der Waals surface area contributed by atoms with Gasteiger partial charge in [0.1, 0.15) is 11.9 Å². The summed E-state index contributed by atoms with van der Waals surface area (Å²) in [7, 11) is 1.66. The molecular formula is C19H29NO3. The molecule has 0 aliphatic carbocycles. The van der Waals surface area contributed by atoms with E-state index in [0.717, 1.165) is 37.2 Å². The summed E-state index contributed by atoms with van der Waals surface area (Å²) >= 11 is 0. The molecule has 0 saturated heterocycles. The lowest BCUT2D eigenvalue weighted by Crippen LogP contribution is -2.42. The van der Waals surface area contributed by atoms with Crippen molar-refractivity contribution in [2.45, 2.75) is 53.1 Å². The fourth-order valence-corrected chi connectivity index (χ4v) is 3.01. The van der Waals surface area contributed by atoms with Crippen LogP contribution in [0.5, 0.6) is 5.75 Å². The average molecular weight is 319 g/mol. The van der Waals surface area contributed by atoms with E-state index in [0.29, 0.717) is 12.5 Å². The molecule has 1 aromatic rings. The second-order valence-electron chi connectivity index (χ2n) is 6.70. The van der Waals surface area contributed by atoms with Gasteiger partial charge >= 0.3 is 0 Å². The van der Waals surface area contributed by atoms with E-state index in [-0.39, 0.29) is 5.91 Å². The largest absolute Gasteiger partial charge is 0.495 e. The fraction of sp³-hybridized carbons (Fsp3) is 0.632. The number of anilines is 1. The molecule has 0 aromatic heterocycles. The van der Waals surface area contributed by atoms with Crippen LogP contribution in [0.3, 0.4) is 0 Å². The zero-order chi connectivity index (χ0) is 17.0. The lowest BCUT2D eigenvalue weighted by molar-refractivity contribution is -0.129. The summed E-state index contributed by atoms with van der Waals surface area (Å²) in [5.41, 5.74) is 3.37. The number of benzene rings is 1. The molecule has 1 amide bonds. The highest BCUT2D eigenvalue weighted by Gasteiger charge is 2.30. The standard InChI is InChI=1S/C19H29NO3/c1-13(2)10-12-23-15(4)19(21)20-11-6-7-16-14(3)8-9-17(22-5)18(16)20/h8-9,13,15H,6-7,10-12H2,1-5H3. The Morgan fingerprint density at radius 2 is 2.04 bits per heavy atom. The zero-order valence-corrected chi connectivity index (χ0v) is 15.0. The minimum Gasteiger partial charge on any atom is -0.495 e. The summed E-state index contributed by atoms with van der Waals surface area (Å²) in [4.78, 5) is 14.7. The van der Waals surface area contributed by atoms with Crippen LogP contribution in [0.2, 0.25) is 0 Å². The Morgan fingerprint density at radius 3 is 2.70 bits per heavy atom. The molecule has 0 spiro atoms. The van der Waals surface area contributed by atoms with E-state index >= 15 is 0 Å². The number of fused-ring (bicyclic) bond motifs is 1. The summed E-state index contributed by atoms with van der Waals surface area (Å²) < 4.78 is 11.3. The minimum absolute atomic E-state index is 0.0265. The van der Waals surface area contributed by atoms with Gasteiger partial charge in [0.2, 0.25) is 0 Å². The number of aryl methyl sites for hydroxylation is 1. The number of nitrogens with zero attached hydrogens (tertiary/aromatic N) is 1. The summed E-state index contributed by atoms with van der Waals surface area (Å²) in [5, 5.41) is 0. The maximum atomic E-state index is 12.9. The summed E-state index contributed by atoms with van der Waals surface area (Å²) in [6.07, 6.45) is 2.51. The van der Waals surface area contributed by atoms with Gasteiger partial charge in [0.25, 0.3) is 5.91 Å². The lowest BCUT2D eigenvalue weighted by atomic mass is 9.96. The topological polar surface area (TPSA) is 38.8 Å². The van der Waals surface area contributed by atoms with Crippen LogP contribution in [0.25, 0.3) is 0 Å². The number of hydrogen-bond acceptors (Lipinski definition) is 3. The van der Waals surface area contributed by atoms with Gasteiger partial charge in [-0.25, -0.2) is 0 Å². The predicted octanol–water partition coefficient (Wildman–Crippen LogP) is 3.73. The van der Waals surface area contributed by atoms with Crippen LogP contribution >= 0.6 is 0 Å². The monoisotopic (exact) mass is 319 g/mol. The van der Waals surface area contributed by atoms with Crippen LogP contribution in [0, 0.1) is 12.8 Å². The van der Waals surface area contributed by atoms with Gasteiger partial charge in [0, 0.05) is 13.2 Å².